The number of nitrogens with zero attached hydrogens (tertiary/aromatic N) is 4. The Balaban J connectivity index is 0.000000467. The molecule has 1 fully saturated rings. The lowest BCUT2D eigenvalue weighted by Crippen LogP contribution is -2.27. The Morgan fingerprint density at radius 3 is 2.47 bits per heavy atom. The van der Waals surface area contributed by atoms with Crippen LogP contribution in [0.1, 0.15) is 71.1 Å². The summed E-state index contributed by atoms with van der Waals surface area (Å²) in [4.78, 5) is 29.5. The van der Waals surface area contributed by atoms with Crippen molar-refractivity contribution in [2.75, 3.05) is 10.0 Å². The first-order valence-electron chi connectivity index (χ1n) is 14.6. The zero-order valence-corrected chi connectivity index (χ0v) is 26.2. The average molecular weight is 606 g/mol. The number of aromatic nitrogens is 4. The van der Waals surface area contributed by atoms with Gasteiger partial charge >= 0.3 is 6.09 Å². The summed E-state index contributed by atoms with van der Waals surface area (Å²) in [5.74, 6) is 1.09. The third-order valence-corrected chi connectivity index (χ3v) is 7.68. The van der Waals surface area contributed by atoms with Gasteiger partial charge in [0.15, 0.2) is 0 Å². The van der Waals surface area contributed by atoms with Crippen LogP contribution in [0.2, 0.25) is 0 Å². The largest absolute Gasteiger partial charge is 0.444 e. The Kier molecular flexibility index (Phi) is 10.7. The molecule has 4 N–H and O–H groups in total. The number of carbonyl (C=O) groups excluding carboxylic acids is 1. The predicted molar refractivity (Wildman–Crippen MR) is 171 cm³/mol. The molecule has 4 aromatic rings. The van der Waals surface area contributed by atoms with Gasteiger partial charge in [0.2, 0.25) is 5.95 Å². The molecule has 5 rings (SSSR count). The Morgan fingerprint density at radius 2 is 1.84 bits per heavy atom. The number of anilines is 2. The van der Waals surface area contributed by atoms with Crippen LogP contribution >= 0.6 is 11.9 Å². The van der Waals surface area contributed by atoms with Crippen molar-refractivity contribution in [1.82, 2.24) is 19.9 Å². The van der Waals surface area contributed by atoms with E-state index in [9.17, 15) is 9.18 Å². The van der Waals surface area contributed by atoms with E-state index in [1.165, 1.54) is 50.1 Å². The smallest absolute Gasteiger partial charge is 0.405 e. The number of fused-ring (bicyclic) bond motifs is 1. The van der Waals surface area contributed by atoms with E-state index in [1.807, 2.05) is 31.3 Å². The van der Waals surface area contributed by atoms with Crippen LogP contribution in [0.15, 0.2) is 53.6 Å². The quantitative estimate of drug-likeness (QED) is 0.180. The molecule has 0 unspecified atom stereocenters. The van der Waals surface area contributed by atoms with Crippen molar-refractivity contribution in [3.8, 4) is 11.3 Å². The number of ether oxygens (including phenoxy) is 1. The van der Waals surface area contributed by atoms with Gasteiger partial charge in [0.1, 0.15) is 22.8 Å². The van der Waals surface area contributed by atoms with Crippen molar-refractivity contribution in [3.63, 3.8) is 0 Å². The number of nitrogens with two attached hydrogens (primary N) is 1. The van der Waals surface area contributed by atoms with E-state index >= 15 is 0 Å². The zero-order chi connectivity index (χ0) is 31.0. The summed E-state index contributed by atoms with van der Waals surface area (Å²) in [6.45, 7) is 9.37. The number of halogens is 1. The molecule has 1 amide bonds. The Hall–Kier alpha value is -3.99. The topological polar surface area (TPSA) is 128 Å². The minimum atomic E-state index is -0.725. The van der Waals surface area contributed by atoms with Crippen molar-refractivity contribution in [2.24, 2.45) is 5.73 Å². The van der Waals surface area contributed by atoms with Crippen LogP contribution in [-0.4, -0.2) is 37.7 Å². The van der Waals surface area contributed by atoms with E-state index in [2.05, 4.69) is 37.7 Å². The number of pyridine rings is 2. The predicted octanol–water partition coefficient (Wildman–Crippen LogP) is 7.84. The van der Waals surface area contributed by atoms with Gasteiger partial charge in [-0.1, -0.05) is 38.3 Å². The van der Waals surface area contributed by atoms with Crippen LogP contribution in [0, 0.1) is 12.7 Å². The molecule has 0 atom stereocenters. The molecule has 1 aliphatic carbocycles. The minimum absolute atomic E-state index is 0.259. The SMILES string of the molecule is CC(C)(C)OC(N)=O.CCc1cc(-c2ccc(NSc3ccccc3F)nc2C)nc2cnc(NC3CCCCC3)nc12. The van der Waals surface area contributed by atoms with E-state index in [0.717, 1.165) is 40.0 Å². The summed E-state index contributed by atoms with van der Waals surface area (Å²) in [5, 5.41) is 3.52. The van der Waals surface area contributed by atoms with Crippen LogP contribution < -0.4 is 15.8 Å². The maximum atomic E-state index is 13.9. The first-order valence-corrected chi connectivity index (χ1v) is 15.4. The summed E-state index contributed by atoms with van der Waals surface area (Å²) in [6.07, 6.45) is 8.14. The van der Waals surface area contributed by atoms with E-state index in [4.69, 9.17) is 15.7 Å². The number of benzene rings is 1. The van der Waals surface area contributed by atoms with Gasteiger partial charge < -0.3 is 20.5 Å². The first kappa shape index (κ1) is 31.9. The highest BCUT2D eigenvalue weighted by atomic mass is 32.2. The second-order valence-corrected chi connectivity index (χ2v) is 12.3. The maximum Gasteiger partial charge on any atom is 0.405 e. The molecule has 0 aliphatic heterocycles. The molecule has 0 spiro atoms. The fourth-order valence-electron chi connectivity index (χ4n) is 4.82. The van der Waals surface area contributed by atoms with Crippen molar-refractivity contribution in [3.05, 3.63) is 65.7 Å². The number of primary amides is 1. The molecule has 1 saturated carbocycles. The Bertz CT molecular complexity index is 1560. The third kappa shape index (κ3) is 9.25. The Morgan fingerprint density at radius 1 is 1.09 bits per heavy atom. The lowest BCUT2D eigenvalue weighted by Gasteiger charge is -2.22. The van der Waals surface area contributed by atoms with Gasteiger partial charge in [0.25, 0.3) is 0 Å². The molecule has 11 heteroatoms. The lowest BCUT2D eigenvalue weighted by molar-refractivity contribution is 0.0600. The van der Waals surface area contributed by atoms with Crippen molar-refractivity contribution in [1.29, 1.82) is 0 Å². The molecule has 0 radical (unpaired) electrons. The molecule has 1 aliphatic rings. The molecule has 9 nitrogen and oxygen atoms in total. The molecule has 1 aromatic carbocycles. The summed E-state index contributed by atoms with van der Waals surface area (Å²) in [7, 11) is 0. The van der Waals surface area contributed by atoms with Crippen LogP contribution in [0.25, 0.3) is 22.3 Å². The highest BCUT2D eigenvalue weighted by Crippen LogP contribution is 2.29. The summed E-state index contributed by atoms with van der Waals surface area (Å²) in [5.41, 5.74) is 9.73. The van der Waals surface area contributed by atoms with Gasteiger partial charge in [-0.3, -0.25) is 0 Å². The monoisotopic (exact) mass is 605 g/mol. The average Bonchev–Trinajstić information content (AvgIpc) is 2.96. The normalized spacial score (nSPS) is 13.6. The second kappa shape index (κ2) is 14.5. The number of carbonyl (C=O) groups is 1. The summed E-state index contributed by atoms with van der Waals surface area (Å²) in [6, 6.07) is 13.1. The summed E-state index contributed by atoms with van der Waals surface area (Å²) < 4.78 is 21.6. The number of rotatable bonds is 7. The maximum absolute atomic E-state index is 13.9. The highest BCUT2D eigenvalue weighted by molar-refractivity contribution is 8.00. The van der Waals surface area contributed by atoms with Gasteiger partial charge in [-0.15, -0.1) is 0 Å². The van der Waals surface area contributed by atoms with Crippen molar-refractivity contribution < 1.29 is 13.9 Å². The number of hydrogen-bond donors (Lipinski definition) is 3. The van der Waals surface area contributed by atoms with E-state index in [-0.39, 0.29) is 5.82 Å². The molecule has 3 heterocycles. The van der Waals surface area contributed by atoms with E-state index in [1.54, 1.807) is 32.9 Å². The van der Waals surface area contributed by atoms with Crippen LogP contribution in [-0.2, 0) is 11.2 Å². The number of amides is 1. The summed E-state index contributed by atoms with van der Waals surface area (Å²) >= 11 is 1.21. The van der Waals surface area contributed by atoms with E-state index in [0.29, 0.717) is 22.7 Å². The molecule has 43 heavy (non-hydrogen) atoms. The first-order chi connectivity index (χ1) is 20.5. The highest BCUT2D eigenvalue weighted by Gasteiger charge is 2.17. The standard InChI is InChI=1S/C27H29FN6S.C5H11NO2/c1-3-18-15-22(32-23-16-29-27(33-26(18)23)31-19-9-5-4-6-10-19)20-13-14-25(30-17(20)2)34-35-24-12-8-7-11-21(24)28;1-5(2,3)8-4(6)7/h7-8,11-16,19H,3-6,9-10H2,1-2H3,(H,30,34)(H,29,31,33);1-3H3,(H2,6,7). The number of aryl methyl sites for hydroxylation is 2. The number of hydrogen-bond acceptors (Lipinski definition) is 9. The van der Waals surface area contributed by atoms with Crippen molar-refractivity contribution >= 4 is 40.8 Å². The van der Waals surface area contributed by atoms with Crippen molar-refractivity contribution in [2.45, 2.75) is 89.7 Å². The molecular weight excluding hydrogens is 565 g/mol. The van der Waals surface area contributed by atoms with E-state index < -0.39 is 11.7 Å². The lowest BCUT2D eigenvalue weighted by atomic mass is 9.96. The second-order valence-electron chi connectivity index (χ2n) is 11.4. The van der Waals surface area contributed by atoms with Crippen LogP contribution in [0.3, 0.4) is 0 Å². The minimum Gasteiger partial charge on any atom is -0.444 e. The third-order valence-electron chi connectivity index (χ3n) is 6.82. The van der Waals surface area contributed by atoms with Crippen LogP contribution in [0.4, 0.5) is 21.0 Å². The fraction of sp³-hybridized carbons (Fsp3) is 0.406. The van der Waals surface area contributed by atoms with Gasteiger partial charge in [-0.25, -0.2) is 29.1 Å². The molecule has 0 bridgehead atoms. The van der Waals surface area contributed by atoms with Gasteiger partial charge in [0.05, 0.1) is 22.3 Å². The molecule has 0 saturated heterocycles. The zero-order valence-electron chi connectivity index (χ0n) is 25.4. The van der Waals surface area contributed by atoms with Gasteiger partial charge in [0, 0.05) is 17.3 Å². The molecule has 228 valence electrons. The number of nitrogens with one attached hydrogen (secondary N) is 2. The molecule has 3 aromatic heterocycles. The van der Waals surface area contributed by atoms with Crippen LogP contribution in [0.5, 0.6) is 0 Å². The van der Waals surface area contributed by atoms with Gasteiger partial charge in [-0.2, -0.15) is 0 Å². The van der Waals surface area contributed by atoms with Gasteiger partial charge in [-0.05, 0) is 94.8 Å². The fourth-order valence-corrected chi connectivity index (χ4v) is 5.46. The Labute approximate surface area is 256 Å². The molecular formula is C32H40FN7O2S.